The number of ether oxygens (including phenoxy) is 3. The summed E-state index contributed by atoms with van der Waals surface area (Å²) in [5.41, 5.74) is 2.20. The number of aromatic nitrogens is 2. The minimum Gasteiger partial charge on any atom is -0.497 e. The van der Waals surface area contributed by atoms with Crippen LogP contribution >= 0.6 is 0 Å². The molecular weight excluding hydrogens is 536 g/mol. The maximum atomic E-state index is 13.8. The standard InChI is InChI=1S/C32H32N4O6/c1-20-16-21(2)35-31(34-20)42-29(30(38)39)32(23-8-7-9-25(17-23)41-4)26-10-5-6-11-27(26)36(28(37)18-33-32)19-22-12-14-24(40-3)15-13-22/h5-17,29,33H,18-19H2,1-4H3,(H,38,39). The number of carbonyl (C=O) groups excluding carboxylic acids is 1. The molecule has 216 valence electrons. The number of benzene rings is 3. The van der Waals surface area contributed by atoms with Gasteiger partial charge >= 0.3 is 12.0 Å². The second-order valence-corrected chi connectivity index (χ2v) is 10.0. The topological polar surface area (TPSA) is 123 Å². The van der Waals surface area contributed by atoms with Gasteiger partial charge in [-0.05, 0) is 61.4 Å². The fraction of sp³-hybridized carbons (Fsp3) is 0.250. The van der Waals surface area contributed by atoms with Crippen molar-refractivity contribution in [3.63, 3.8) is 0 Å². The highest BCUT2D eigenvalue weighted by molar-refractivity contribution is 5.97. The average molecular weight is 569 g/mol. The molecule has 0 aliphatic carbocycles. The van der Waals surface area contributed by atoms with Gasteiger partial charge in [0.05, 0.1) is 27.3 Å². The number of carboxylic acids is 1. The number of anilines is 1. The fourth-order valence-corrected chi connectivity index (χ4v) is 5.36. The van der Waals surface area contributed by atoms with E-state index >= 15 is 0 Å². The summed E-state index contributed by atoms with van der Waals surface area (Å²) in [5, 5.41) is 14.1. The molecule has 1 aliphatic heterocycles. The van der Waals surface area contributed by atoms with E-state index in [1.165, 1.54) is 7.11 Å². The summed E-state index contributed by atoms with van der Waals surface area (Å²) in [6.07, 6.45) is -1.58. The average Bonchev–Trinajstić information content (AvgIpc) is 3.11. The van der Waals surface area contributed by atoms with Gasteiger partial charge in [0.15, 0.2) is 0 Å². The Labute approximate surface area is 243 Å². The summed E-state index contributed by atoms with van der Waals surface area (Å²) in [6.45, 7) is 3.64. The third-order valence-electron chi connectivity index (χ3n) is 7.27. The lowest BCUT2D eigenvalue weighted by Crippen LogP contribution is -2.58. The highest BCUT2D eigenvalue weighted by Crippen LogP contribution is 2.43. The van der Waals surface area contributed by atoms with Crippen LogP contribution in [0, 0.1) is 13.8 Å². The molecule has 0 fully saturated rings. The molecule has 1 aliphatic rings. The van der Waals surface area contributed by atoms with Gasteiger partial charge in [0, 0.05) is 22.6 Å². The molecule has 5 rings (SSSR count). The zero-order valence-electron chi connectivity index (χ0n) is 23.8. The molecule has 0 spiro atoms. The van der Waals surface area contributed by atoms with Gasteiger partial charge in [-0.2, -0.15) is 0 Å². The fourth-order valence-electron chi connectivity index (χ4n) is 5.36. The van der Waals surface area contributed by atoms with Gasteiger partial charge < -0.3 is 24.2 Å². The van der Waals surface area contributed by atoms with E-state index in [9.17, 15) is 14.7 Å². The molecule has 1 aromatic heterocycles. The Hall–Kier alpha value is -4.96. The van der Waals surface area contributed by atoms with Crippen LogP contribution in [-0.2, 0) is 21.7 Å². The minimum absolute atomic E-state index is 0.0767. The first-order valence-corrected chi connectivity index (χ1v) is 13.4. The first-order chi connectivity index (χ1) is 20.2. The van der Waals surface area contributed by atoms with Crippen molar-refractivity contribution in [2.75, 3.05) is 25.7 Å². The van der Waals surface area contributed by atoms with Gasteiger partial charge in [0.2, 0.25) is 12.0 Å². The number of aryl methyl sites for hydroxylation is 2. The number of amides is 1. The zero-order valence-corrected chi connectivity index (χ0v) is 23.8. The van der Waals surface area contributed by atoms with Crippen molar-refractivity contribution < 1.29 is 28.9 Å². The van der Waals surface area contributed by atoms with E-state index in [2.05, 4.69) is 15.3 Å². The van der Waals surface area contributed by atoms with Crippen LogP contribution in [0.1, 0.15) is 28.1 Å². The van der Waals surface area contributed by atoms with E-state index in [-0.39, 0.29) is 25.0 Å². The lowest BCUT2D eigenvalue weighted by Gasteiger charge is -2.39. The van der Waals surface area contributed by atoms with E-state index in [1.54, 1.807) is 56.2 Å². The number of hydrogen-bond acceptors (Lipinski definition) is 8. The molecule has 10 heteroatoms. The molecule has 0 saturated heterocycles. The number of aliphatic carboxylic acids is 1. The number of nitrogens with one attached hydrogen (secondary N) is 1. The van der Waals surface area contributed by atoms with Gasteiger partial charge in [0.1, 0.15) is 17.0 Å². The molecule has 4 aromatic rings. The van der Waals surface area contributed by atoms with Crippen molar-refractivity contribution in [2.24, 2.45) is 0 Å². The van der Waals surface area contributed by atoms with Crippen molar-refractivity contribution >= 4 is 17.6 Å². The number of nitrogens with zero attached hydrogens (tertiary/aromatic N) is 3. The lowest BCUT2D eigenvalue weighted by atomic mass is 9.77. The van der Waals surface area contributed by atoms with Crippen LogP contribution in [0.2, 0.25) is 0 Å². The summed E-state index contributed by atoms with van der Waals surface area (Å²) in [6, 6.07) is 23.5. The van der Waals surface area contributed by atoms with Gasteiger partial charge in [-0.3, -0.25) is 10.1 Å². The number of para-hydroxylation sites is 1. The van der Waals surface area contributed by atoms with E-state index in [0.717, 1.165) is 5.56 Å². The molecule has 2 unspecified atom stereocenters. The SMILES string of the molecule is COc1ccc(CN2C(=O)CNC(c3cccc(OC)c3)(C(Oc3nc(C)cc(C)n3)C(=O)O)c3ccccc32)cc1. The Morgan fingerprint density at radius 3 is 2.31 bits per heavy atom. The molecular formula is C32H32N4O6. The zero-order chi connectivity index (χ0) is 29.9. The van der Waals surface area contributed by atoms with Crippen molar-refractivity contribution in [3.8, 4) is 17.5 Å². The summed E-state index contributed by atoms with van der Waals surface area (Å²) in [4.78, 5) is 37.3. The van der Waals surface area contributed by atoms with Crippen molar-refractivity contribution in [3.05, 3.63) is 107 Å². The van der Waals surface area contributed by atoms with E-state index in [4.69, 9.17) is 14.2 Å². The van der Waals surface area contributed by atoms with Crippen molar-refractivity contribution in [1.82, 2.24) is 15.3 Å². The normalized spacial score (nSPS) is 17.1. The number of hydrogen-bond donors (Lipinski definition) is 2. The third-order valence-corrected chi connectivity index (χ3v) is 7.27. The number of carbonyl (C=O) groups is 2. The molecule has 3 aromatic carbocycles. The first-order valence-electron chi connectivity index (χ1n) is 13.4. The monoisotopic (exact) mass is 568 g/mol. The van der Waals surface area contributed by atoms with E-state index in [0.29, 0.717) is 39.7 Å². The third kappa shape index (κ3) is 5.48. The summed E-state index contributed by atoms with van der Waals surface area (Å²) < 4.78 is 17.0. The maximum absolute atomic E-state index is 13.8. The summed E-state index contributed by atoms with van der Waals surface area (Å²) in [7, 11) is 3.13. The van der Waals surface area contributed by atoms with Gasteiger partial charge in [-0.25, -0.2) is 14.8 Å². The molecule has 2 atom stereocenters. The molecule has 10 nitrogen and oxygen atoms in total. The van der Waals surface area contributed by atoms with Crippen molar-refractivity contribution in [1.29, 1.82) is 0 Å². The van der Waals surface area contributed by atoms with Crippen molar-refractivity contribution in [2.45, 2.75) is 32.0 Å². The Balaban J connectivity index is 1.72. The van der Waals surface area contributed by atoms with Gasteiger partial charge in [0.25, 0.3) is 0 Å². The number of carboxylic acid groups (broad SMARTS) is 1. The number of rotatable bonds is 9. The lowest BCUT2D eigenvalue weighted by molar-refractivity contribution is -0.149. The van der Waals surface area contributed by atoms with Crippen LogP contribution in [0.25, 0.3) is 0 Å². The highest BCUT2D eigenvalue weighted by atomic mass is 16.5. The van der Waals surface area contributed by atoms with Crippen LogP contribution in [0.3, 0.4) is 0 Å². The smallest absolute Gasteiger partial charge is 0.347 e. The van der Waals surface area contributed by atoms with Crippen LogP contribution in [0.5, 0.6) is 17.5 Å². The Bertz CT molecular complexity index is 1590. The van der Waals surface area contributed by atoms with E-state index in [1.807, 2.05) is 48.5 Å². The van der Waals surface area contributed by atoms with Crippen LogP contribution in [-0.4, -0.2) is 53.8 Å². The second-order valence-electron chi connectivity index (χ2n) is 10.0. The Morgan fingerprint density at radius 1 is 0.952 bits per heavy atom. The molecule has 0 radical (unpaired) electrons. The van der Waals surface area contributed by atoms with Crippen LogP contribution in [0.15, 0.2) is 78.9 Å². The molecule has 2 N–H and O–H groups in total. The predicted octanol–water partition coefficient (Wildman–Crippen LogP) is 4.02. The molecule has 42 heavy (non-hydrogen) atoms. The van der Waals surface area contributed by atoms with Crippen LogP contribution in [0.4, 0.5) is 5.69 Å². The maximum Gasteiger partial charge on any atom is 0.347 e. The van der Waals surface area contributed by atoms with E-state index < -0.39 is 17.6 Å². The molecule has 1 amide bonds. The Kier molecular flexibility index (Phi) is 8.08. The summed E-state index contributed by atoms with van der Waals surface area (Å²) >= 11 is 0. The van der Waals surface area contributed by atoms with Gasteiger partial charge in [-0.1, -0.05) is 42.5 Å². The molecule has 2 heterocycles. The molecule has 0 bridgehead atoms. The second kappa shape index (κ2) is 11.9. The quantitative estimate of drug-likeness (QED) is 0.308. The Morgan fingerprint density at radius 2 is 1.64 bits per heavy atom. The summed E-state index contributed by atoms with van der Waals surface area (Å²) in [5.74, 6) is -0.285. The first kappa shape index (κ1) is 28.6. The largest absolute Gasteiger partial charge is 0.497 e. The number of methoxy groups -OCH3 is 2. The predicted molar refractivity (Wildman–Crippen MR) is 156 cm³/mol. The van der Waals surface area contributed by atoms with Gasteiger partial charge in [-0.15, -0.1) is 0 Å². The number of fused-ring (bicyclic) bond motifs is 1. The molecule has 0 saturated carbocycles. The van der Waals surface area contributed by atoms with Crippen LogP contribution < -0.4 is 24.4 Å². The highest BCUT2D eigenvalue weighted by Gasteiger charge is 2.52. The minimum atomic E-state index is -1.58.